The van der Waals surface area contributed by atoms with Crippen LogP contribution >= 0.6 is 11.6 Å². The minimum Gasteiger partial charge on any atom is -0.489 e. The predicted molar refractivity (Wildman–Crippen MR) is 172 cm³/mol. The van der Waals surface area contributed by atoms with Crippen molar-refractivity contribution in [2.75, 3.05) is 38.3 Å². The fraction of sp³-hybridized carbons (Fsp3) is 0.382. The maximum atomic E-state index is 14.3. The molecule has 3 aromatic rings. The van der Waals surface area contributed by atoms with Crippen molar-refractivity contribution in [1.29, 1.82) is 0 Å². The van der Waals surface area contributed by atoms with Crippen LogP contribution in [-0.4, -0.2) is 60.2 Å². The molecule has 3 aliphatic rings. The van der Waals surface area contributed by atoms with Crippen LogP contribution in [-0.2, 0) is 45.7 Å². The smallest absolute Gasteiger partial charge is 0.228 e. The van der Waals surface area contributed by atoms with Gasteiger partial charge in [0.05, 0.1) is 19.4 Å². The minimum atomic E-state index is -0.487. The molecule has 46 heavy (non-hydrogen) atoms. The van der Waals surface area contributed by atoms with Crippen LogP contribution in [0.3, 0.4) is 0 Å². The molecule has 1 aliphatic carbocycles. The van der Waals surface area contributed by atoms with E-state index in [4.69, 9.17) is 25.8 Å². The molecule has 0 saturated carbocycles. The highest BCUT2D eigenvalue weighted by Crippen LogP contribution is 2.35. The number of anilines is 1. The van der Waals surface area contributed by atoms with Crippen molar-refractivity contribution in [3.8, 4) is 17.1 Å². The summed E-state index contributed by atoms with van der Waals surface area (Å²) in [6.45, 7) is 3.81. The molecule has 0 radical (unpaired) electrons. The van der Waals surface area contributed by atoms with Crippen LogP contribution in [0.25, 0.3) is 11.4 Å². The predicted octanol–water partition coefficient (Wildman–Crippen LogP) is 5.27. The molecule has 1 N–H and O–H groups in total. The summed E-state index contributed by atoms with van der Waals surface area (Å²) >= 11 is 6.28. The number of amides is 2. The van der Waals surface area contributed by atoms with Crippen LogP contribution in [0.1, 0.15) is 47.8 Å². The molecular weight excluding hydrogens is 613 g/mol. The topological polar surface area (TPSA) is 98.2 Å². The molecule has 0 bridgehead atoms. The summed E-state index contributed by atoms with van der Waals surface area (Å²) in [6.07, 6.45) is 4.67. The second kappa shape index (κ2) is 14.2. The normalized spacial score (nSPS) is 16.8. The summed E-state index contributed by atoms with van der Waals surface area (Å²) in [5.41, 5.74) is 5.89. The zero-order valence-corrected chi connectivity index (χ0v) is 26.7. The van der Waals surface area contributed by atoms with Gasteiger partial charge in [0.2, 0.25) is 12.3 Å². The van der Waals surface area contributed by atoms with E-state index in [0.717, 1.165) is 41.4 Å². The highest BCUT2D eigenvalue weighted by atomic mass is 35.5. The summed E-state index contributed by atoms with van der Waals surface area (Å²) in [6, 6.07) is 12.3. The number of allylic oxidation sites excluding steroid dienone is 2. The van der Waals surface area contributed by atoms with E-state index in [1.807, 2.05) is 41.8 Å². The maximum Gasteiger partial charge on any atom is 0.228 e. The number of nitrogens with zero attached hydrogens (tertiary/aromatic N) is 4. The zero-order chi connectivity index (χ0) is 32.2. The molecule has 0 unspecified atom stereocenters. The van der Waals surface area contributed by atoms with E-state index in [2.05, 4.69) is 33.4 Å². The summed E-state index contributed by atoms with van der Waals surface area (Å²) in [7, 11) is 3.85. The number of ether oxygens (including phenoxy) is 3. The van der Waals surface area contributed by atoms with Crippen LogP contribution in [0, 0.1) is 0 Å². The molecule has 242 valence electrons. The van der Waals surface area contributed by atoms with E-state index >= 15 is 0 Å². The van der Waals surface area contributed by atoms with Gasteiger partial charge >= 0.3 is 0 Å². The number of carbonyl (C=O) groups excluding carboxylic acids is 2. The van der Waals surface area contributed by atoms with Gasteiger partial charge in [0, 0.05) is 68.4 Å². The van der Waals surface area contributed by atoms with Crippen LogP contribution in [0.2, 0.25) is 0 Å². The number of imidazole rings is 1. The van der Waals surface area contributed by atoms with Crippen molar-refractivity contribution in [2.45, 2.75) is 45.2 Å². The number of aromatic nitrogens is 2. The average Bonchev–Trinajstić information content (AvgIpc) is 3.80. The average molecular weight is 650 g/mol. The molecule has 2 aromatic carbocycles. The van der Waals surface area contributed by atoms with Crippen molar-refractivity contribution in [2.24, 2.45) is 7.05 Å². The van der Waals surface area contributed by atoms with E-state index < -0.39 is 6.29 Å². The Balaban J connectivity index is 1.14. The van der Waals surface area contributed by atoms with Crippen LogP contribution in [0.4, 0.5) is 10.2 Å². The number of fused-ring (bicyclic) bond motifs is 1. The minimum absolute atomic E-state index is 0.0580. The number of halogens is 2. The second-order valence-corrected chi connectivity index (χ2v) is 12.1. The number of hydrogen-bond donors (Lipinski definition) is 1. The van der Waals surface area contributed by atoms with Gasteiger partial charge in [-0.25, -0.2) is 9.37 Å². The number of hydrogen-bond acceptors (Lipinski definition) is 8. The SMILES string of the molecule is CN(CCC(=O)NC=O)c1cnc(-c2ccc3c(c2)CN(Cc2ccc(OCC4=C(Cl)CCC=C4F)cc2C2OCCO2)C3)n1C. The Morgan fingerprint density at radius 2 is 2.00 bits per heavy atom. The third-order valence-electron chi connectivity index (χ3n) is 8.57. The first kappa shape index (κ1) is 31.9. The fourth-order valence-electron chi connectivity index (χ4n) is 6.10. The van der Waals surface area contributed by atoms with Gasteiger partial charge < -0.3 is 23.7 Å². The molecule has 1 saturated heterocycles. The summed E-state index contributed by atoms with van der Waals surface area (Å²) in [5.74, 6) is 1.66. The summed E-state index contributed by atoms with van der Waals surface area (Å²) in [4.78, 5) is 31.2. The van der Waals surface area contributed by atoms with Crippen molar-refractivity contribution < 1.29 is 28.2 Å². The third-order valence-corrected chi connectivity index (χ3v) is 8.99. The molecule has 6 rings (SSSR count). The van der Waals surface area contributed by atoms with Gasteiger partial charge in [-0.15, -0.1) is 0 Å². The lowest BCUT2D eigenvalue weighted by atomic mass is 10.1. The first-order valence-corrected chi connectivity index (χ1v) is 15.7. The van der Waals surface area contributed by atoms with Crippen molar-refractivity contribution >= 4 is 29.7 Å². The lowest BCUT2D eigenvalue weighted by Crippen LogP contribution is -2.28. The van der Waals surface area contributed by atoms with Gasteiger partial charge in [0.15, 0.2) is 6.29 Å². The molecule has 1 aromatic heterocycles. The van der Waals surface area contributed by atoms with E-state index in [-0.39, 0.29) is 24.8 Å². The quantitative estimate of drug-likeness (QED) is 0.265. The highest BCUT2D eigenvalue weighted by molar-refractivity contribution is 6.30. The van der Waals surface area contributed by atoms with E-state index in [0.29, 0.717) is 61.9 Å². The molecule has 0 atom stereocenters. The van der Waals surface area contributed by atoms with E-state index in [1.165, 1.54) is 11.1 Å². The van der Waals surface area contributed by atoms with E-state index in [1.54, 1.807) is 12.3 Å². The Bertz CT molecular complexity index is 1680. The largest absolute Gasteiger partial charge is 0.489 e. The first-order chi connectivity index (χ1) is 22.3. The molecular formula is C34H37ClFN5O5. The molecule has 2 amide bonds. The van der Waals surface area contributed by atoms with Crippen molar-refractivity contribution in [3.05, 3.63) is 87.4 Å². The number of imide groups is 1. The Morgan fingerprint density at radius 3 is 2.78 bits per heavy atom. The number of benzene rings is 2. The van der Waals surface area contributed by atoms with Gasteiger partial charge in [-0.2, -0.15) is 0 Å². The monoisotopic (exact) mass is 649 g/mol. The summed E-state index contributed by atoms with van der Waals surface area (Å²) < 4.78 is 34.1. The van der Waals surface area contributed by atoms with Gasteiger partial charge in [-0.1, -0.05) is 29.8 Å². The Labute approximate surface area is 272 Å². The first-order valence-electron chi connectivity index (χ1n) is 15.3. The van der Waals surface area contributed by atoms with E-state index in [9.17, 15) is 14.0 Å². The summed E-state index contributed by atoms with van der Waals surface area (Å²) in [5, 5.41) is 2.67. The third kappa shape index (κ3) is 7.02. The van der Waals surface area contributed by atoms with Gasteiger partial charge in [-0.05, 0) is 53.8 Å². The molecule has 2 aliphatic heterocycles. The molecule has 12 heteroatoms. The Hall–Kier alpha value is -4.03. The van der Waals surface area contributed by atoms with Crippen LogP contribution in [0.15, 0.2) is 65.1 Å². The fourth-order valence-corrected chi connectivity index (χ4v) is 6.35. The maximum absolute atomic E-state index is 14.3. The molecule has 3 heterocycles. The van der Waals surface area contributed by atoms with Gasteiger partial charge in [0.25, 0.3) is 0 Å². The Kier molecular flexibility index (Phi) is 9.83. The molecule has 10 nitrogen and oxygen atoms in total. The van der Waals surface area contributed by atoms with Crippen molar-refractivity contribution in [3.63, 3.8) is 0 Å². The van der Waals surface area contributed by atoms with Gasteiger partial charge in [0.1, 0.15) is 29.8 Å². The van der Waals surface area contributed by atoms with Crippen LogP contribution < -0.4 is 15.0 Å². The Morgan fingerprint density at radius 1 is 1.20 bits per heavy atom. The van der Waals surface area contributed by atoms with Gasteiger partial charge in [-0.3, -0.25) is 19.8 Å². The number of nitrogens with one attached hydrogen (secondary N) is 1. The second-order valence-electron chi connectivity index (χ2n) is 11.7. The number of rotatable bonds is 12. The number of carbonyl (C=O) groups is 2. The van der Waals surface area contributed by atoms with Crippen molar-refractivity contribution in [1.82, 2.24) is 19.8 Å². The van der Waals surface area contributed by atoms with Crippen LogP contribution in [0.5, 0.6) is 5.75 Å². The molecule has 1 fully saturated rings. The zero-order valence-electron chi connectivity index (χ0n) is 25.9. The lowest BCUT2D eigenvalue weighted by Gasteiger charge is -2.21. The standard InChI is InChI=1S/C34H37ClFN5O5/c1-39(11-10-31(43)38-21-42)32-16-37-33(40(32)2)22-6-7-23-17-41(19-25(23)14-22)18-24-8-9-26(15-27(24)34-44-12-13-45-34)46-20-28-29(35)4-3-5-30(28)36/h5-9,14-16,21,34H,3-4,10-13,17-20H2,1-2H3,(H,38,42,43). The molecule has 0 spiro atoms. The lowest BCUT2D eigenvalue weighted by molar-refractivity contribution is -0.125. The highest BCUT2D eigenvalue weighted by Gasteiger charge is 2.26.